The van der Waals surface area contributed by atoms with Crippen LogP contribution in [-0.4, -0.2) is 39.9 Å². The van der Waals surface area contributed by atoms with E-state index in [1.54, 1.807) is 0 Å². The highest BCUT2D eigenvalue weighted by atomic mass is 16.4. The Morgan fingerprint density at radius 1 is 1.43 bits per heavy atom. The van der Waals surface area contributed by atoms with E-state index in [9.17, 15) is 9.90 Å². The van der Waals surface area contributed by atoms with Crippen LogP contribution in [0.15, 0.2) is 0 Å². The molecule has 0 saturated carbocycles. The summed E-state index contributed by atoms with van der Waals surface area (Å²) in [4.78, 5) is 12.3. The molecule has 0 aromatic rings. The fraction of sp³-hybridized carbons (Fsp3) is 0.900. The first-order valence-electron chi connectivity index (χ1n) is 5.01. The predicted octanol–water partition coefficient (Wildman–Crippen LogP) is 1.54. The van der Waals surface area contributed by atoms with E-state index < -0.39 is 12.2 Å². The Labute approximate surface area is 84.5 Å². The van der Waals surface area contributed by atoms with Gasteiger partial charge in [0.05, 0.1) is 12.1 Å². The first-order chi connectivity index (χ1) is 6.34. The van der Waals surface area contributed by atoms with Gasteiger partial charge in [0.1, 0.15) is 0 Å². The lowest BCUT2D eigenvalue weighted by Gasteiger charge is -2.44. The predicted molar refractivity (Wildman–Crippen MR) is 53.2 cm³/mol. The number of carbonyl (C=O) groups is 1. The first-order valence-corrected chi connectivity index (χ1v) is 5.01. The SMILES string of the molecule is CC(C)(C)C1[C@@H](O)CCCN1C(=O)O. The van der Waals surface area contributed by atoms with Crippen molar-refractivity contribution < 1.29 is 15.0 Å². The zero-order chi connectivity index (χ0) is 10.9. The van der Waals surface area contributed by atoms with Crippen LogP contribution in [0, 0.1) is 5.41 Å². The first kappa shape index (κ1) is 11.3. The highest BCUT2D eigenvalue weighted by molar-refractivity contribution is 5.65. The van der Waals surface area contributed by atoms with Gasteiger partial charge in [-0.3, -0.25) is 0 Å². The lowest BCUT2D eigenvalue weighted by Crippen LogP contribution is -2.56. The van der Waals surface area contributed by atoms with Crippen molar-refractivity contribution in [3.8, 4) is 0 Å². The topological polar surface area (TPSA) is 60.8 Å². The monoisotopic (exact) mass is 201 g/mol. The molecule has 4 nitrogen and oxygen atoms in total. The van der Waals surface area contributed by atoms with Crippen molar-refractivity contribution in [2.45, 2.75) is 45.8 Å². The van der Waals surface area contributed by atoms with Gasteiger partial charge in [-0.15, -0.1) is 0 Å². The fourth-order valence-electron chi connectivity index (χ4n) is 2.23. The summed E-state index contributed by atoms with van der Waals surface area (Å²) in [5, 5.41) is 18.8. The van der Waals surface area contributed by atoms with E-state index in [0.717, 1.165) is 6.42 Å². The molecule has 4 heteroatoms. The van der Waals surface area contributed by atoms with Crippen LogP contribution in [-0.2, 0) is 0 Å². The summed E-state index contributed by atoms with van der Waals surface area (Å²) in [5.41, 5.74) is -0.210. The molecular weight excluding hydrogens is 182 g/mol. The number of aliphatic hydroxyl groups excluding tert-OH is 1. The van der Waals surface area contributed by atoms with E-state index in [1.165, 1.54) is 4.90 Å². The summed E-state index contributed by atoms with van der Waals surface area (Å²) in [7, 11) is 0. The summed E-state index contributed by atoms with van der Waals surface area (Å²) in [6, 6.07) is -0.284. The molecule has 0 aromatic heterocycles. The van der Waals surface area contributed by atoms with Gasteiger partial charge in [0, 0.05) is 6.54 Å². The summed E-state index contributed by atoms with van der Waals surface area (Å²) in [6.45, 7) is 6.42. The summed E-state index contributed by atoms with van der Waals surface area (Å²) >= 11 is 0. The molecule has 2 atom stereocenters. The van der Waals surface area contributed by atoms with Crippen LogP contribution in [0.25, 0.3) is 0 Å². The molecule has 1 heterocycles. The average molecular weight is 201 g/mol. The third-order valence-electron chi connectivity index (χ3n) is 2.73. The molecule has 2 N–H and O–H groups in total. The van der Waals surface area contributed by atoms with Crippen LogP contribution in [0.2, 0.25) is 0 Å². The van der Waals surface area contributed by atoms with E-state index in [-0.39, 0.29) is 11.5 Å². The lowest BCUT2D eigenvalue weighted by atomic mass is 9.79. The zero-order valence-corrected chi connectivity index (χ0v) is 9.03. The second-order valence-electron chi connectivity index (χ2n) is 5.00. The van der Waals surface area contributed by atoms with Crippen molar-refractivity contribution in [2.24, 2.45) is 5.41 Å². The molecule has 1 amide bonds. The van der Waals surface area contributed by atoms with Crippen LogP contribution in [0.5, 0.6) is 0 Å². The van der Waals surface area contributed by atoms with Gasteiger partial charge >= 0.3 is 6.09 Å². The number of carboxylic acid groups (broad SMARTS) is 1. The second-order valence-corrected chi connectivity index (χ2v) is 5.00. The van der Waals surface area contributed by atoms with Crippen molar-refractivity contribution in [3.05, 3.63) is 0 Å². The van der Waals surface area contributed by atoms with Crippen molar-refractivity contribution >= 4 is 6.09 Å². The van der Waals surface area contributed by atoms with Gasteiger partial charge in [0.2, 0.25) is 0 Å². The highest BCUT2D eigenvalue weighted by Gasteiger charge is 2.40. The Morgan fingerprint density at radius 3 is 2.36 bits per heavy atom. The molecule has 14 heavy (non-hydrogen) atoms. The standard InChI is InChI=1S/C10H19NO3/c1-10(2,3)8-7(12)5-4-6-11(8)9(13)14/h7-8,12H,4-6H2,1-3H3,(H,13,14)/t7-,8?/m0/s1. The van der Waals surface area contributed by atoms with Crippen molar-refractivity contribution in [2.75, 3.05) is 6.54 Å². The molecule has 1 aliphatic heterocycles. The average Bonchev–Trinajstić information content (AvgIpc) is 2.01. The van der Waals surface area contributed by atoms with Crippen LogP contribution < -0.4 is 0 Å². The van der Waals surface area contributed by atoms with Crippen LogP contribution in [0.4, 0.5) is 4.79 Å². The van der Waals surface area contributed by atoms with E-state index in [1.807, 2.05) is 20.8 Å². The molecule has 1 fully saturated rings. The van der Waals surface area contributed by atoms with Gasteiger partial charge in [0.25, 0.3) is 0 Å². The van der Waals surface area contributed by atoms with Crippen molar-refractivity contribution in [1.82, 2.24) is 4.90 Å². The molecule has 1 saturated heterocycles. The Hall–Kier alpha value is -0.770. The van der Waals surface area contributed by atoms with Crippen molar-refractivity contribution in [3.63, 3.8) is 0 Å². The molecule has 82 valence electrons. The van der Waals surface area contributed by atoms with E-state index in [2.05, 4.69) is 0 Å². The third-order valence-corrected chi connectivity index (χ3v) is 2.73. The summed E-state index contributed by atoms with van der Waals surface area (Å²) in [5.74, 6) is 0. The molecule has 0 bridgehead atoms. The second kappa shape index (κ2) is 3.77. The molecular formula is C10H19NO3. The van der Waals surface area contributed by atoms with E-state index >= 15 is 0 Å². The molecule has 1 unspecified atom stereocenters. The number of piperidine rings is 1. The minimum Gasteiger partial charge on any atom is -0.465 e. The smallest absolute Gasteiger partial charge is 0.407 e. The van der Waals surface area contributed by atoms with Gasteiger partial charge < -0.3 is 15.1 Å². The molecule has 0 aliphatic carbocycles. The molecule has 0 aromatic carbocycles. The quantitative estimate of drug-likeness (QED) is 0.625. The number of aliphatic hydroxyl groups is 1. The van der Waals surface area contributed by atoms with Gasteiger partial charge in [-0.05, 0) is 18.3 Å². The van der Waals surface area contributed by atoms with E-state index in [0.29, 0.717) is 13.0 Å². The highest BCUT2D eigenvalue weighted by Crippen LogP contribution is 2.32. The van der Waals surface area contributed by atoms with Gasteiger partial charge in [0.15, 0.2) is 0 Å². The summed E-state index contributed by atoms with van der Waals surface area (Å²) in [6.07, 6.45) is -0.00491. The molecule has 1 aliphatic rings. The number of rotatable bonds is 0. The van der Waals surface area contributed by atoms with Gasteiger partial charge in [-0.1, -0.05) is 20.8 Å². The Kier molecular flexibility index (Phi) is 3.04. The van der Waals surface area contributed by atoms with Crippen molar-refractivity contribution in [1.29, 1.82) is 0 Å². The Morgan fingerprint density at radius 2 is 2.00 bits per heavy atom. The maximum absolute atomic E-state index is 11.0. The summed E-state index contributed by atoms with van der Waals surface area (Å²) < 4.78 is 0. The molecule has 1 rings (SSSR count). The van der Waals surface area contributed by atoms with Crippen LogP contribution >= 0.6 is 0 Å². The van der Waals surface area contributed by atoms with Crippen LogP contribution in [0.1, 0.15) is 33.6 Å². The zero-order valence-electron chi connectivity index (χ0n) is 9.03. The number of amides is 1. The maximum atomic E-state index is 11.0. The minimum absolute atomic E-state index is 0.210. The van der Waals surface area contributed by atoms with Gasteiger partial charge in [-0.2, -0.15) is 0 Å². The largest absolute Gasteiger partial charge is 0.465 e. The number of hydrogen-bond donors (Lipinski definition) is 2. The van der Waals surface area contributed by atoms with E-state index in [4.69, 9.17) is 5.11 Å². The van der Waals surface area contributed by atoms with Crippen LogP contribution in [0.3, 0.4) is 0 Å². The fourth-order valence-corrected chi connectivity index (χ4v) is 2.23. The Balaban J connectivity index is 2.87. The molecule has 0 radical (unpaired) electrons. The minimum atomic E-state index is -0.927. The number of hydrogen-bond acceptors (Lipinski definition) is 2. The lowest BCUT2D eigenvalue weighted by molar-refractivity contribution is -0.0306. The molecule has 0 spiro atoms. The van der Waals surface area contributed by atoms with Gasteiger partial charge in [-0.25, -0.2) is 4.79 Å². The maximum Gasteiger partial charge on any atom is 0.407 e. The number of likely N-dealkylation sites (tertiary alicyclic amines) is 1. The Bertz CT molecular complexity index is 222. The third kappa shape index (κ3) is 2.18. The normalized spacial score (nSPS) is 29.0. The number of nitrogens with zero attached hydrogens (tertiary/aromatic N) is 1.